The van der Waals surface area contributed by atoms with Gasteiger partial charge in [0.2, 0.25) is 15.9 Å². The minimum Gasteiger partial charge on any atom is -0.382 e. The highest BCUT2D eigenvalue weighted by Crippen LogP contribution is 2.19. The van der Waals surface area contributed by atoms with E-state index in [2.05, 4.69) is 5.10 Å². The molecule has 146 valence electrons. The third kappa shape index (κ3) is 3.47. The van der Waals surface area contributed by atoms with Crippen molar-refractivity contribution in [3.63, 3.8) is 0 Å². The number of carbonyl (C=O) groups is 2. The van der Waals surface area contributed by atoms with Gasteiger partial charge in [-0.25, -0.2) is 8.42 Å². The monoisotopic (exact) mass is 402 g/mol. The number of carbonyl (C=O) groups excluding carboxylic acids is 2. The molecule has 0 bridgehead atoms. The van der Waals surface area contributed by atoms with Crippen LogP contribution in [0, 0.1) is 11.3 Å². The number of benzene rings is 1. The highest BCUT2D eigenvalue weighted by molar-refractivity contribution is 7.89. The smallest absolute Gasteiger partial charge is 0.280 e. The number of nitriles is 1. The van der Waals surface area contributed by atoms with Crippen LogP contribution in [0.4, 0.5) is 5.82 Å². The van der Waals surface area contributed by atoms with Crippen molar-refractivity contribution in [2.75, 3.05) is 31.9 Å². The van der Waals surface area contributed by atoms with E-state index in [4.69, 9.17) is 11.0 Å². The van der Waals surface area contributed by atoms with Gasteiger partial charge in [-0.3, -0.25) is 9.59 Å². The Hall–Kier alpha value is -3.23. The van der Waals surface area contributed by atoms with Gasteiger partial charge in [0, 0.05) is 38.7 Å². The van der Waals surface area contributed by atoms with Crippen molar-refractivity contribution in [1.29, 1.82) is 5.26 Å². The van der Waals surface area contributed by atoms with Crippen molar-refractivity contribution >= 4 is 27.7 Å². The third-order valence-electron chi connectivity index (χ3n) is 4.54. The summed E-state index contributed by atoms with van der Waals surface area (Å²) in [5, 5.41) is 12.7. The average Bonchev–Trinajstić information content (AvgIpc) is 3.08. The summed E-state index contributed by atoms with van der Waals surface area (Å²) in [4.78, 5) is 25.5. The molecule has 28 heavy (non-hydrogen) atoms. The van der Waals surface area contributed by atoms with Crippen LogP contribution in [0.25, 0.3) is 0 Å². The summed E-state index contributed by atoms with van der Waals surface area (Å²) in [5.41, 5.74) is 5.97. The zero-order valence-electron chi connectivity index (χ0n) is 15.1. The number of aromatic nitrogens is 2. The zero-order valence-corrected chi connectivity index (χ0v) is 15.9. The lowest BCUT2D eigenvalue weighted by Gasteiger charge is -2.33. The minimum atomic E-state index is -3.73. The van der Waals surface area contributed by atoms with Gasteiger partial charge < -0.3 is 10.6 Å². The molecule has 0 saturated carbocycles. The molecule has 1 aliphatic heterocycles. The highest BCUT2D eigenvalue weighted by atomic mass is 32.2. The fourth-order valence-corrected chi connectivity index (χ4v) is 4.31. The number of sulfonamides is 1. The van der Waals surface area contributed by atoms with Gasteiger partial charge in [-0.05, 0) is 24.3 Å². The first-order valence-corrected chi connectivity index (χ1v) is 9.83. The molecule has 1 aliphatic rings. The lowest BCUT2D eigenvalue weighted by molar-refractivity contribution is -0.129. The van der Waals surface area contributed by atoms with Crippen LogP contribution in [-0.2, 0) is 14.8 Å². The van der Waals surface area contributed by atoms with Gasteiger partial charge in [0.15, 0.2) is 0 Å². The predicted molar refractivity (Wildman–Crippen MR) is 98.5 cm³/mol. The molecule has 10 nitrogen and oxygen atoms in total. The molecule has 2 N–H and O–H groups in total. The molecule has 1 amide bonds. The Labute approximate surface area is 161 Å². The van der Waals surface area contributed by atoms with E-state index in [1.807, 2.05) is 6.07 Å². The number of anilines is 1. The predicted octanol–water partition coefficient (Wildman–Crippen LogP) is -0.122. The van der Waals surface area contributed by atoms with Crippen LogP contribution in [0.3, 0.4) is 0 Å². The van der Waals surface area contributed by atoms with Crippen LogP contribution < -0.4 is 5.73 Å². The van der Waals surface area contributed by atoms with Crippen LogP contribution in [0.1, 0.15) is 22.8 Å². The number of piperazine rings is 1. The molecule has 1 aromatic carbocycles. The molecule has 0 spiro atoms. The molecule has 3 rings (SSSR count). The number of nitrogen functional groups attached to an aromatic ring is 1. The fraction of sp³-hybridized carbons (Fsp3) is 0.294. The standard InChI is InChI=1S/C17H18N6O4S/c1-12(24)21-6-8-22(9-7-21)28(26,27)15-4-2-13(3-5-15)17(25)23-16(19)14(10-18)11-20-23/h2-5,11H,6-9,19H2,1H3. The number of amides is 1. The molecule has 0 unspecified atom stereocenters. The molecule has 0 aliphatic carbocycles. The minimum absolute atomic E-state index is 0.0477. The van der Waals surface area contributed by atoms with E-state index >= 15 is 0 Å². The summed E-state index contributed by atoms with van der Waals surface area (Å²) in [7, 11) is -3.73. The maximum absolute atomic E-state index is 12.8. The molecule has 0 atom stereocenters. The van der Waals surface area contributed by atoms with Gasteiger partial charge >= 0.3 is 0 Å². The maximum atomic E-state index is 12.8. The summed E-state index contributed by atoms with van der Waals surface area (Å²) in [6, 6.07) is 7.24. The van der Waals surface area contributed by atoms with E-state index in [9.17, 15) is 18.0 Å². The van der Waals surface area contributed by atoms with Crippen LogP contribution in [-0.4, -0.2) is 65.4 Å². The van der Waals surface area contributed by atoms with E-state index < -0.39 is 15.9 Å². The zero-order chi connectivity index (χ0) is 20.5. The van der Waals surface area contributed by atoms with Crippen molar-refractivity contribution in [2.45, 2.75) is 11.8 Å². The number of hydrogen-bond donors (Lipinski definition) is 1. The van der Waals surface area contributed by atoms with Crippen molar-refractivity contribution in [2.24, 2.45) is 0 Å². The highest BCUT2D eigenvalue weighted by Gasteiger charge is 2.29. The normalized spacial score (nSPS) is 15.2. The lowest BCUT2D eigenvalue weighted by Crippen LogP contribution is -2.49. The molecular weight excluding hydrogens is 384 g/mol. The summed E-state index contributed by atoms with van der Waals surface area (Å²) in [6.07, 6.45) is 1.19. The third-order valence-corrected chi connectivity index (χ3v) is 6.46. The Bertz CT molecular complexity index is 1060. The Morgan fingerprint density at radius 3 is 2.25 bits per heavy atom. The maximum Gasteiger partial charge on any atom is 0.280 e. The number of rotatable bonds is 3. The Morgan fingerprint density at radius 1 is 1.14 bits per heavy atom. The number of nitrogens with two attached hydrogens (primary N) is 1. The van der Waals surface area contributed by atoms with Crippen molar-refractivity contribution in [3.8, 4) is 6.07 Å². The molecule has 1 aromatic heterocycles. The van der Waals surface area contributed by atoms with Crippen LogP contribution in [0.5, 0.6) is 0 Å². The average molecular weight is 402 g/mol. The van der Waals surface area contributed by atoms with Gasteiger partial charge in [-0.2, -0.15) is 19.3 Å². The van der Waals surface area contributed by atoms with Gasteiger partial charge in [-0.1, -0.05) is 0 Å². The second kappa shape index (κ2) is 7.41. The number of nitrogens with zero attached hydrogens (tertiary/aromatic N) is 5. The number of hydrogen-bond acceptors (Lipinski definition) is 7. The summed E-state index contributed by atoms with van der Waals surface area (Å²) < 4.78 is 27.8. The Kier molecular flexibility index (Phi) is 5.17. The molecule has 0 radical (unpaired) electrons. The first-order chi connectivity index (χ1) is 13.3. The van der Waals surface area contributed by atoms with Gasteiger partial charge in [-0.15, -0.1) is 0 Å². The summed E-state index contributed by atoms with van der Waals surface area (Å²) >= 11 is 0. The first-order valence-electron chi connectivity index (χ1n) is 8.39. The first kappa shape index (κ1) is 19.5. The molecule has 1 saturated heterocycles. The van der Waals surface area contributed by atoms with E-state index in [1.54, 1.807) is 4.90 Å². The van der Waals surface area contributed by atoms with E-state index in [-0.39, 0.29) is 40.8 Å². The molecule has 1 fully saturated rings. The molecule has 2 heterocycles. The van der Waals surface area contributed by atoms with Crippen LogP contribution in [0.15, 0.2) is 35.4 Å². The second-order valence-electron chi connectivity index (χ2n) is 6.21. The van der Waals surface area contributed by atoms with E-state index in [0.29, 0.717) is 13.1 Å². The Morgan fingerprint density at radius 2 is 1.75 bits per heavy atom. The largest absolute Gasteiger partial charge is 0.382 e. The topological polar surface area (TPSA) is 142 Å². The second-order valence-corrected chi connectivity index (χ2v) is 8.14. The van der Waals surface area contributed by atoms with E-state index in [1.165, 1.54) is 41.7 Å². The van der Waals surface area contributed by atoms with Gasteiger partial charge in [0.25, 0.3) is 5.91 Å². The fourth-order valence-electron chi connectivity index (χ4n) is 2.89. The van der Waals surface area contributed by atoms with Crippen molar-refractivity contribution in [3.05, 3.63) is 41.6 Å². The van der Waals surface area contributed by atoms with Crippen molar-refractivity contribution < 1.29 is 18.0 Å². The van der Waals surface area contributed by atoms with Gasteiger partial charge in [0.05, 0.1) is 11.1 Å². The molecule has 11 heteroatoms. The van der Waals surface area contributed by atoms with Gasteiger partial charge in [0.1, 0.15) is 17.5 Å². The molecular formula is C17H18N6O4S. The Balaban J connectivity index is 1.78. The quantitative estimate of drug-likeness (QED) is 0.754. The van der Waals surface area contributed by atoms with Crippen LogP contribution in [0.2, 0.25) is 0 Å². The molecule has 2 aromatic rings. The van der Waals surface area contributed by atoms with Crippen LogP contribution >= 0.6 is 0 Å². The summed E-state index contributed by atoms with van der Waals surface area (Å²) in [6.45, 7) is 2.55. The van der Waals surface area contributed by atoms with Crippen molar-refractivity contribution in [1.82, 2.24) is 19.0 Å². The van der Waals surface area contributed by atoms with E-state index in [0.717, 1.165) is 4.68 Å². The SMILES string of the molecule is CC(=O)N1CCN(S(=O)(=O)c2ccc(C(=O)n3ncc(C#N)c3N)cc2)CC1. The summed E-state index contributed by atoms with van der Waals surface area (Å²) in [5.74, 6) is -0.733. The lowest BCUT2D eigenvalue weighted by atomic mass is 10.2.